The van der Waals surface area contributed by atoms with Gasteiger partial charge in [0.2, 0.25) is 5.91 Å². The van der Waals surface area contributed by atoms with E-state index in [1.54, 1.807) is 0 Å². The summed E-state index contributed by atoms with van der Waals surface area (Å²) in [5, 5.41) is 4.18. The lowest BCUT2D eigenvalue weighted by atomic mass is 10.1. The summed E-state index contributed by atoms with van der Waals surface area (Å²) in [6.45, 7) is 6.96. The van der Waals surface area contributed by atoms with Crippen molar-refractivity contribution in [3.8, 4) is 0 Å². The number of benzene rings is 1. The molecule has 0 spiro atoms. The number of carbonyl (C=O) groups excluding carboxylic acids is 1. The fourth-order valence-electron chi connectivity index (χ4n) is 6.59. The number of hydrogen-bond acceptors (Lipinski definition) is 4. The minimum absolute atomic E-state index is 0.139. The maximum Gasteiger partial charge on any atom is 0.237 e. The highest BCUT2D eigenvalue weighted by atomic mass is 16.5. The SMILES string of the molecule is CCCCCCCCCCCCCCOCC(CNC(=O)C(N)Cc1c[nH]c2ccccc12)OCCCCCCCCCCCCCC. The highest BCUT2D eigenvalue weighted by molar-refractivity contribution is 5.86. The van der Waals surface area contributed by atoms with Crippen LogP contribution in [0.25, 0.3) is 10.9 Å². The molecule has 0 aliphatic carbocycles. The first-order valence-corrected chi connectivity index (χ1v) is 20.4. The van der Waals surface area contributed by atoms with Crippen molar-refractivity contribution in [3.05, 3.63) is 36.0 Å². The van der Waals surface area contributed by atoms with Crippen molar-refractivity contribution in [2.24, 2.45) is 5.73 Å². The Morgan fingerprint density at radius 3 is 1.71 bits per heavy atom. The van der Waals surface area contributed by atoms with Gasteiger partial charge in [0, 0.05) is 36.9 Å². The molecule has 0 radical (unpaired) electrons. The number of ether oxygens (including phenoxy) is 2. The third kappa shape index (κ3) is 21.3. The molecule has 0 aliphatic heterocycles. The van der Waals surface area contributed by atoms with Crippen LogP contribution in [-0.2, 0) is 20.7 Å². The molecule has 1 aromatic heterocycles. The van der Waals surface area contributed by atoms with Gasteiger partial charge in [0.05, 0.1) is 18.8 Å². The Hall–Kier alpha value is -1.89. The molecule has 0 bridgehead atoms. The number of H-pyrrole nitrogens is 1. The third-order valence-corrected chi connectivity index (χ3v) is 9.75. The van der Waals surface area contributed by atoms with Gasteiger partial charge in [0.15, 0.2) is 0 Å². The number of nitrogens with two attached hydrogens (primary N) is 1. The van der Waals surface area contributed by atoms with Gasteiger partial charge in [-0.05, 0) is 30.9 Å². The van der Waals surface area contributed by atoms with Crippen LogP contribution in [0, 0.1) is 0 Å². The number of hydrogen-bond donors (Lipinski definition) is 3. The largest absolute Gasteiger partial charge is 0.379 e. The van der Waals surface area contributed by atoms with Crippen molar-refractivity contribution < 1.29 is 14.3 Å². The van der Waals surface area contributed by atoms with E-state index >= 15 is 0 Å². The molecule has 6 heteroatoms. The molecule has 4 N–H and O–H groups in total. The number of amides is 1. The van der Waals surface area contributed by atoms with Crippen molar-refractivity contribution in [1.82, 2.24) is 10.3 Å². The van der Waals surface area contributed by atoms with E-state index in [0.717, 1.165) is 35.9 Å². The van der Waals surface area contributed by atoms with E-state index in [0.29, 0.717) is 26.2 Å². The molecule has 2 aromatic rings. The van der Waals surface area contributed by atoms with E-state index in [9.17, 15) is 4.79 Å². The lowest BCUT2D eigenvalue weighted by Gasteiger charge is -2.20. The summed E-state index contributed by atoms with van der Waals surface area (Å²) >= 11 is 0. The third-order valence-electron chi connectivity index (χ3n) is 9.75. The molecular formula is C42H75N3O3. The predicted octanol–water partition coefficient (Wildman–Crippen LogP) is 11.0. The van der Waals surface area contributed by atoms with Crippen molar-refractivity contribution >= 4 is 16.8 Å². The van der Waals surface area contributed by atoms with Gasteiger partial charge >= 0.3 is 0 Å². The zero-order chi connectivity index (χ0) is 34.3. The number of para-hydroxylation sites is 1. The lowest BCUT2D eigenvalue weighted by molar-refractivity contribution is -0.123. The van der Waals surface area contributed by atoms with E-state index in [1.165, 1.54) is 141 Å². The number of aromatic nitrogens is 1. The summed E-state index contributed by atoms with van der Waals surface area (Å²) in [4.78, 5) is 16.2. The monoisotopic (exact) mass is 670 g/mol. The smallest absolute Gasteiger partial charge is 0.237 e. The molecule has 276 valence electrons. The first-order valence-electron chi connectivity index (χ1n) is 20.4. The average molecular weight is 670 g/mol. The zero-order valence-corrected chi connectivity index (χ0v) is 31.3. The predicted molar refractivity (Wildman–Crippen MR) is 206 cm³/mol. The molecule has 1 amide bonds. The van der Waals surface area contributed by atoms with E-state index < -0.39 is 6.04 Å². The molecule has 0 fully saturated rings. The summed E-state index contributed by atoms with van der Waals surface area (Å²) in [7, 11) is 0. The van der Waals surface area contributed by atoms with Crippen LogP contribution in [0.3, 0.4) is 0 Å². The van der Waals surface area contributed by atoms with Crippen LogP contribution in [0.2, 0.25) is 0 Å². The molecule has 2 unspecified atom stereocenters. The second-order valence-corrected chi connectivity index (χ2v) is 14.3. The summed E-state index contributed by atoms with van der Waals surface area (Å²) in [6.07, 6.45) is 34.3. The van der Waals surface area contributed by atoms with Crippen LogP contribution in [0.5, 0.6) is 0 Å². The Kier molecular flexibility index (Phi) is 26.4. The van der Waals surface area contributed by atoms with Gasteiger partial charge in [-0.1, -0.05) is 173 Å². The molecule has 1 aromatic carbocycles. The topological polar surface area (TPSA) is 89.4 Å². The maximum absolute atomic E-state index is 13.0. The fraction of sp³-hybridized carbons (Fsp3) is 0.786. The van der Waals surface area contributed by atoms with Gasteiger partial charge in [0.25, 0.3) is 0 Å². The van der Waals surface area contributed by atoms with Gasteiger partial charge < -0.3 is 25.5 Å². The van der Waals surface area contributed by atoms with E-state index in [-0.39, 0.29) is 12.0 Å². The minimum atomic E-state index is -0.608. The number of aromatic amines is 1. The zero-order valence-electron chi connectivity index (χ0n) is 31.3. The van der Waals surface area contributed by atoms with E-state index in [1.807, 2.05) is 24.4 Å². The van der Waals surface area contributed by atoms with Crippen molar-refractivity contribution in [3.63, 3.8) is 0 Å². The van der Waals surface area contributed by atoms with Crippen molar-refractivity contribution in [2.45, 2.75) is 187 Å². The Bertz CT molecular complexity index is 1010. The van der Waals surface area contributed by atoms with Gasteiger partial charge in [-0.3, -0.25) is 4.79 Å². The molecule has 1 heterocycles. The van der Waals surface area contributed by atoms with Crippen LogP contribution in [-0.4, -0.2) is 49.4 Å². The Labute approximate surface area is 295 Å². The second-order valence-electron chi connectivity index (χ2n) is 14.3. The highest BCUT2D eigenvalue weighted by Crippen LogP contribution is 2.19. The summed E-state index contributed by atoms with van der Waals surface area (Å²) in [5.41, 5.74) is 8.48. The first-order chi connectivity index (χ1) is 23.7. The lowest BCUT2D eigenvalue weighted by Crippen LogP contribution is -2.45. The first kappa shape index (κ1) is 42.3. The van der Waals surface area contributed by atoms with Crippen molar-refractivity contribution in [1.29, 1.82) is 0 Å². The molecule has 2 atom stereocenters. The average Bonchev–Trinajstić information content (AvgIpc) is 3.51. The molecule has 2 rings (SSSR count). The Morgan fingerprint density at radius 1 is 0.688 bits per heavy atom. The Balaban J connectivity index is 1.61. The molecule has 0 saturated heterocycles. The number of rotatable bonds is 34. The molecule has 6 nitrogen and oxygen atoms in total. The molecule has 0 aliphatic rings. The minimum Gasteiger partial charge on any atom is -0.379 e. The van der Waals surface area contributed by atoms with E-state index in [4.69, 9.17) is 15.2 Å². The summed E-state index contributed by atoms with van der Waals surface area (Å²) < 4.78 is 12.3. The summed E-state index contributed by atoms with van der Waals surface area (Å²) in [6, 6.07) is 7.52. The quantitative estimate of drug-likeness (QED) is 0.0647. The normalized spacial score (nSPS) is 12.9. The van der Waals surface area contributed by atoms with Crippen LogP contribution in [0.4, 0.5) is 0 Å². The van der Waals surface area contributed by atoms with E-state index in [2.05, 4.69) is 30.2 Å². The standard InChI is InChI=1S/C42H75N3O3/c1-3-5-7-9-11-13-15-17-19-21-23-27-31-47-36-38(48-32-28-24-22-20-18-16-14-12-10-8-6-4-2)35-45-42(46)40(43)33-37-34-44-41-30-26-25-29-39(37)41/h25-26,29-30,34,38,40,44H,3-24,27-28,31-33,35-36,43H2,1-2H3,(H,45,46). The van der Waals surface area contributed by atoms with Gasteiger partial charge in [-0.15, -0.1) is 0 Å². The fourth-order valence-corrected chi connectivity index (χ4v) is 6.59. The number of fused-ring (bicyclic) bond motifs is 1. The maximum atomic E-state index is 13.0. The van der Waals surface area contributed by atoms with Crippen molar-refractivity contribution in [2.75, 3.05) is 26.4 Å². The van der Waals surface area contributed by atoms with Gasteiger partial charge in [-0.25, -0.2) is 0 Å². The molecule has 0 saturated carbocycles. The van der Waals surface area contributed by atoms with Crippen LogP contribution in [0.15, 0.2) is 30.5 Å². The number of carbonyl (C=O) groups is 1. The number of unbranched alkanes of at least 4 members (excludes halogenated alkanes) is 22. The molecular weight excluding hydrogens is 594 g/mol. The van der Waals surface area contributed by atoms with Gasteiger partial charge in [-0.2, -0.15) is 0 Å². The Morgan fingerprint density at radius 2 is 1.17 bits per heavy atom. The second kappa shape index (κ2) is 30.0. The van der Waals surface area contributed by atoms with Crippen LogP contribution in [0.1, 0.15) is 174 Å². The number of nitrogens with one attached hydrogen (secondary N) is 2. The molecule has 48 heavy (non-hydrogen) atoms. The highest BCUT2D eigenvalue weighted by Gasteiger charge is 2.18. The summed E-state index contributed by atoms with van der Waals surface area (Å²) in [5.74, 6) is -0.139. The van der Waals surface area contributed by atoms with Crippen LogP contribution < -0.4 is 11.1 Å². The van der Waals surface area contributed by atoms with Crippen LogP contribution >= 0.6 is 0 Å². The van der Waals surface area contributed by atoms with Gasteiger partial charge in [0.1, 0.15) is 0 Å².